The second-order valence-electron chi connectivity index (χ2n) is 6.08. The monoisotopic (exact) mass is 309 g/mol. The maximum atomic E-state index is 4.81. The first-order valence-corrected chi connectivity index (χ1v) is 9.04. The van der Waals surface area contributed by atoms with Crippen LogP contribution < -0.4 is 0 Å². The van der Waals surface area contributed by atoms with Gasteiger partial charge in [0.15, 0.2) is 0 Å². The lowest BCUT2D eigenvalue weighted by Crippen LogP contribution is -2.18. The summed E-state index contributed by atoms with van der Waals surface area (Å²) in [6, 6.07) is 17.5. The quantitative estimate of drug-likeness (QED) is 0.679. The van der Waals surface area contributed by atoms with E-state index in [0.29, 0.717) is 5.92 Å². The Bertz CT molecular complexity index is 675. The molecule has 1 aliphatic rings. The van der Waals surface area contributed by atoms with Gasteiger partial charge < -0.3 is 0 Å². The van der Waals surface area contributed by atoms with Gasteiger partial charge in [0.05, 0.1) is 0 Å². The first-order chi connectivity index (χ1) is 10.7. The van der Waals surface area contributed by atoms with Crippen molar-refractivity contribution >= 4 is 17.5 Å². The molecule has 0 saturated carbocycles. The number of hydrogen-bond donors (Lipinski definition) is 0. The van der Waals surface area contributed by atoms with E-state index in [0.717, 1.165) is 12.3 Å². The smallest absolute Gasteiger partial charge is 0.0459 e. The fraction of sp³-hybridized carbons (Fsp3) is 0.350. The molecule has 0 bridgehead atoms. The molecule has 2 aromatic carbocycles. The molecule has 114 valence electrons. The van der Waals surface area contributed by atoms with Crippen LogP contribution >= 0.6 is 11.8 Å². The summed E-state index contributed by atoms with van der Waals surface area (Å²) in [7, 11) is 0. The Hall–Kier alpha value is -1.54. The van der Waals surface area contributed by atoms with Crippen LogP contribution in [0.15, 0.2) is 58.4 Å². The van der Waals surface area contributed by atoms with Gasteiger partial charge in [-0.3, -0.25) is 4.99 Å². The fourth-order valence-electron chi connectivity index (χ4n) is 3.01. The Labute approximate surface area is 137 Å². The molecular formula is C20H23NS. The lowest BCUT2D eigenvalue weighted by molar-refractivity contribution is 0.609. The first kappa shape index (κ1) is 15.4. The van der Waals surface area contributed by atoms with Crippen LogP contribution in [0.1, 0.15) is 36.5 Å². The van der Waals surface area contributed by atoms with E-state index >= 15 is 0 Å². The number of thioether (sulfide) groups is 1. The normalized spacial score (nSPS) is 18.1. The van der Waals surface area contributed by atoms with Gasteiger partial charge in [0.25, 0.3) is 0 Å². The van der Waals surface area contributed by atoms with Crippen LogP contribution in [0, 0.1) is 12.8 Å². The van der Waals surface area contributed by atoms with E-state index in [1.54, 1.807) is 0 Å². The standard InChI is InChI=1S/C20H23NS/c1-15-7-5-9-17(13-15)14-22-19-11-4-3-10-18(19)20-16(2)8-6-12-21-20/h3-5,7,9-11,13,16H,6,8,12,14H2,1-2H3. The van der Waals surface area contributed by atoms with E-state index in [2.05, 4.69) is 62.4 Å². The van der Waals surface area contributed by atoms with Crippen molar-refractivity contribution in [1.29, 1.82) is 0 Å². The van der Waals surface area contributed by atoms with Gasteiger partial charge in [-0.25, -0.2) is 0 Å². The highest BCUT2D eigenvalue weighted by molar-refractivity contribution is 7.98. The Kier molecular flexibility index (Phi) is 4.99. The molecule has 1 aliphatic heterocycles. The minimum atomic E-state index is 0.578. The average Bonchev–Trinajstić information content (AvgIpc) is 2.54. The van der Waals surface area contributed by atoms with E-state index in [4.69, 9.17) is 4.99 Å². The molecule has 2 heteroatoms. The molecule has 22 heavy (non-hydrogen) atoms. The molecule has 2 aromatic rings. The third-order valence-electron chi connectivity index (χ3n) is 4.18. The largest absolute Gasteiger partial charge is 0.289 e. The zero-order valence-corrected chi connectivity index (χ0v) is 14.2. The van der Waals surface area contributed by atoms with Crippen LogP contribution in [-0.2, 0) is 5.75 Å². The summed E-state index contributed by atoms with van der Waals surface area (Å²) in [5.41, 5.74) is 5.36. The number of aliphatic imine (C=N–C) groups is 1. The molecule has 0 aromatic heterocycles. The minimum absolute atomic E-state index is 0.578. The lowest BCUT2D eigenvalue weighted by atomic mass is 9.92. The number of aryl methyl sites for hydroxylation is 1. The Balaban J connectivity index is 1.81. The van der Waals surface area contributed by atoms with Crippen molar-refractivity contribution in [3.05, 3.63) is 65.2 Å². The topological polar surface area (TPSA) is 12.4 Å². The average molecular weight is 309 g/mol. The second-order valence-corrected chi connectivity index (χ2v) is 7.10. The Morgan fingerprint density at radius 1 is 1.14 bits per heavy atom. The van der Waals surface area contributed by atoms with E-state index in [9.17, 15) is 0 Å². The molecule has 0 fully saturated rings. The molecule has 1 atom stereocenters. The SMILES string of the molecule is Cc1cccc(CSc2ccccc2C2=NCCCC2C)c1. The zero-order chi connectivity index (χ0) is 15.4. The highest BCUT2D eigenvalue weighted by Gasteiger charge is 2.18. The third kappa shape index (κ3) is 3.61. The van der Waals surface area contributed by atoms with E-state index in [1.807, 2.05) is 11.8 Å². The molecule has 1 heterocycles. The maximum absolute atomic E-state index is 4.81. The van der Waals surface area contributed by atoms with Gasteiger partial charge in [-0.1, -0.05) is 55.0 Å². The number of hydrogen-bond acceptors (Lipinski definition) is 2. The Morgan fingerprint density at radius 2 is 2.00 bits per heavy atom. The molecule has 0 amide bonds. The molecule has 0 spiro atoms. The summed E-state index contributed by atoms with van der Waals surface area (Å²) in [6.45, 7) is 5.44. The van der Waals surface area contributed by atoms with E-state index in [-0.39, 0.29) is 0 Å². The van der Waals surface area contributed by atoms with Crippen LogP contribution in [0.4, 0.5) is 0 Å². The van der Waals surface area contributed by atoms with Gasteiger partial charge >= 0.3 is 0 Å². The van der Waals surface area contributed by atoms with E-state index < -0.39 is 0 Å². The summed E-state index contributed by atoms with van der Waals surface area (Å²) in [4.78, 5) is 6.17. The minimum Gasteiger partial charge on any atom is -0.289 e. The summed E-state index contributed by atoms with van der Waals surface area (Å²) >= 11 is 1.92. The zero-order valence-electron chi connectivity index (χ0n) is 13.4. The van der Waals surface area contributed by atoms with Crippen LogP contribution in [0.25, 0.3) is 0 Å². The maximum Gasteiger partial charge on any atom is 0.0459 e. The van der Waals surface area contributed by atoms with Crippen LogP contribution in [0.2, 0.25) is 0 Å². The van der Waals surface area contributed by atoms with Gasteiger partial charge in [-0.2, -0.15) is 0 Å². The lowest BCUT2D eigenvalue weighted by Gasteiger charge is -2.21. The van der Waals surface area contributed by atoms with Crippen molar-refractivity contribution in [2.24, 2.45) is 10.9 Å². The molecule has 0 saturated heterocycles. The summed E-state index contributed by atoms with van der Waals surface area (Å²) in [5.74, 6) is 1.59. The third-order valence-corrected chi connectivity index (χ3v) is 5.33. The predicted octanol–water partition coefficient (Wildman–Crippen LogP) is 5.51. The second kappa shape index (κ2) is 7.15. The van der Waals surface area contributed by atoms with Crippen LogP contribution in [0.5, 0.6) is 0 Å². The molecule has 0 N–H and O–H groups in total. The van der Waals surface area contributed by atoms with Crippen molar-refractivity contribution in [2.75, 3.05) is 6.54 Å². The van der Waals surface area contributed by atoms with Gasteiger partial charge in [0, 0.05) is 28.5 Å². The van der Waals surface area contributed by atoms with Crippen molar-refractivity contribution in [1.82, 2.24) is 0 Å². The highest BCUT2D eigenvalue weighted by Crippen LogP contribution is 2.30. The predicted molar refractivity (Wildman–Crippen MR) is 97.0 cm³/mol. The Morgan fingerprint density at radius 3 is 2.82 bits per heavy atom. The summed E-state index contributed by atoms with van der Waals surface area (Å²) < 4.78 is 0. The van der Waals surface area contributed by atoms with Gasteiger partial charge in [-0.15, -0.1) is 11.8 Å². The molecule has 1 unspecified atom stereocenters. The summed E-state index contributed by atoms with van der Waals surface area (Å²) in [5, 5.41) is 0. The highest BCUT2D eigenvalue weighted by atomic mass is 32.2. The first-order valence-electron chi connectivity index (χ1n) is 8.06. The van der Waals surface area contributed by atoms with Crippen LogP contribution in [-0.4, -0.2) is 12.3 Å². The van der Waals surface area contributed by atoms with Crippen molar-refractivity contribution < 1.29 is 0 Å². The molecular weight excluding hydrogens is 286 g/mol. The number of benzene rings is 2. The number of nitrogens with zero attached hydrogens (tertiary/aromatic N) is 1. The molecule has 3 rings (SSSR count). The van der Waals surface area contributed by atoms with Crippen molar-refractivity contribution in [3.8, 4) is 0 Å². The number of rotatable bonds is 4. The fourth-order valence-corrected chi connectivity index (χ4v) is 4.01. The van der Waals surface area contributed by atoms with Gasteiger partial charge in [-0.05, 0) is 37.3 Å². The van der Waals surface area contributed by atoms with Gasteiger partial charge in [0.2, 0.25) is 0 Å². The molecule has 0 aliphatic carbocycles. The molecule has 1 nitrogen and oxygen atoms in total. The van der Waals surface area contributed by atoms with Crippen LogP contribution in [0.3, 0.4) is 0 Å². The van der Waals surface area contributed by atoms with Crippen molar-refractivity contribution in [2.45, 2.75) is 37.3 Å². The molecule has 0 radical (unpaired) electrons. The van der Waals surface area contributed by atoms with Crippen molar-refractivity contribution in [3.63, 3.8) is 0 Å². The van der Waals surface area contributed by atoms with Gasteiger partial charge in [0.1, 0.15) is 0 Å². The summed E-state index contributed by atoms with van der Waals surface area (Å²) in [6.07, 6.45) is 2.49. The van der Waals surface area contributed by atoms with E-state index in [1.165, 1.54) is 40.1 Å².